The van der Waals surface area contributed by atoms with Gasteiger partial charge in [-0.05, 0) is 70.6 Å². The maximum absolute atomic E-state index is 12.9. The first kappa shape index (κ1) is 69.9. The molecule has 6 heteroatoms. The molecule has 0 radical (unpaired) electrons. The Balaban J connectivity index is 4.33. The van der Waals surface area contributed by atoms with Crippen molar-refractivity contribution in [2.75, 3.05) is 13.2 Å². The first-order chi connectivity index (χ1) is 35.5. The van der Waals surface area contributed by atoms with Crippen molar-refractivity contribution in [3.05, 3.63) is 24.3 Å². The van der Waals surface area contributed by atoms with Gasteiger partial charge < -0.3 is 14.2 Å². The van der Waals surface area contributed by atoms with Crippen molar-refractivity contribution in [2.45, 2.75) is 367 Å². The van der Waals surface area contributed by atoms with Gasteiger partial charge in [0.2, 0.25) is 0 Å². The van der Waals surface area contributed by atoms with E-state index in [4.69, 9.17) is 14.2 Å². The van der Waals surface area contributed by atoms with Crippen LogP contribution in [0.3, 0.4) is 0 Å². The van der Waals surface area contributed by atoms with Gasteiger partial charge in [0.1, 0.15) is 13.2 Å². The highest BCUT2D eigenvalue weighted by Crippen LogP contribution is 2.17. The molecule has 0 rings (SSSR count). The van der Waals surface area contributed by atoms with Crippen LogP contribution in [0.2, 0.25) is 0 Å². The quantitative estimate of drug-likeness (QED) is 0.0261. The summed E-state index contributed by atoms with van der Waals surface area (Å²) in [5.41, 5.74) is 0. The van der Waals surface area contributed by atoms with Gasteiger partial charge in [-0.25, -0.2) is 0 Å². The van der Waals surface area contributed by atoms with Crippen LogP contribution >= 0.6 is 0 Å². The second-order valence-electron chi connectivity index (χ2n) is 22.0. The minimum absolute atomic E-state index is 0.0693. The molecule has 1 atom stereocenters. The van der Waals surface area contributed by atoms with E-state index in [1.807, 2.05) is 0 Å². The number of rotatable bonds is 60. The predicted molar refractivity (Wildman–Crippen MR) is 312 cm³/mol. The highest BCUT2D eigenvalue weighted by atomic mass is 16.6. The molecule has 0 amide bonds. The van der Waals surface area contributed by atoms with E-state index in [0.717, 1.165) is 57.8 Å². The van der Waals surface area contributed by atoms with Crippen molar-refractivity contribution >= 4 is 17.9 Å². The van der Waals surface area contributed by atoms with Gasteiger partial charge in [-0.15, -0.1) is 0 Å². The highest BCUT2D eigenvalue weighted by Gasteiger charge is 2.19. The maximum Gasteiger partial charge on any atom is 0.306 e. The molecule has 0 aliphatic rings. The number of allylic oxidation sites excluding steroid dienone is 4. The van der Waals surface area contributed by atoms with Crippen LogP contribution in [-0.2, 0) is 28.6 Å². The van der Waals surface area contributed by atoms with Gasteiger partial charge in [0.15, 0.2) is 6.10 Å². The van der Waals surface area contributed by atoms with E-state index in [1.165, 1.54) is 263 Å². The number of hydrogen-bond donors (Lipinski definition) is 0. The van der Waals surface area contributed by atoms with Gasteiger partial charge in [-0.3, -0.25) is 14.4 Å². The average molecular weight is 1010 g/mol. The van der Waals surface area contributed by atoms with E-state index in [1.54, 1.807) is 0 Å². The molecule has 0 fully saturated rings. The molecule has 0 aromatic rings. The van der Waals surface area contributed by atoms with Crippen molar-refractivity contribution in [2.24, 2.45) is 0 Å². The van der Waals surface area contributed by atoms with Crippen molar-refractivity contribution in [1.29, 1.82) is 0 Å². The van der Waals surface area contributed by atoms with Gasteiger partial charge in [0, 0.05) is 19.3 Å². The molecule has 0 saturated heterocycles. The monoisotopic (exact) mass is 1010 g/mol. The number of esters is 3. The Morgan fingerprint density at radius 3 is 0.694 bits per heavy atom. The van der Waals surface area contributed by atoms with Gasteiger partial charge in [0.05, 0.1) is 0 Å². The molecule has 0 aliphatic carbocycles. The summed E-state index contributed by atoms with van der Waals surface area (Å²) in [6.07, 6.45) is 73.2. The molecule has 0 N–H and O–H groups in total. The molecular weight excluding hydrogens is 889 g/mol. The topological polar surface area (TPSA) is 78.9 Å². The molecule has 0 spiro atoms. The fourth-order valence-electron chi connectivity index (χ4n) is 9.79. The van der Waals surface area contributed by atoms with Crippen LogP contribution in [0.5, 0.6) is 0 Å². The van der Waals surface area contributed by atoms with Crippen molar-refractivity contribution in [3.63, 3.8) is 0 Å². The van der Waals surface area contributed by atoms with Crippen molar-refractivity contribution in [1.82, 2.24) is 0 Å². The third-order valence-corrected chi connectivity index (χ3v) is 14.7. The van der Waals surface area contributed by atoms with Crippen LogP contribution in [0.25, 0.3) is 0 Å². The Bertz CT molecular complexity index is 1160. The van der Waals surface area contributed by atoms with E-state index in [-0.39, 0.29) is 31.1 Å². The summed E-state index contributed by atoms with van der Waals surface area (Å²) in [4.78, 5) is 38.3. The Morgan fingerprint density at radius 1 is 0.264 bits per heavy atom. The lowest BCUT2D eigenvalue weighted by molar-refractivity contribution is -0.167. The molecule has 72 heavy (non-hydrogen) atoms. The van der Waals surface area contributed by atoms with E-state index < -0.39 is 6.10 Å². The van der Waals surface area contributed by atoms with Crippen molar-refractivity contribution in [3.8, 4) is 0 Å². The van der Waals surface area contributed by atoms with Crippen LogP contribution < -0.4 is 0 Å². The Labute approximate surface area is 449 Å². The maximum atomic E-state index is 12.9. The highest BCUT2D eigenvalue weighted by molar-refractivity contribution is 5.71. The van der Waals surface area contributed by atoms with E-state index >= 15 is 0 Å². The zero-order valence-electron chi connectivity index (χ0n) is 48.7. The van der Waals surface area contributed by atoms with E-state index in [2.05, 4.69) is 45.1 Å². The Hall–Kier alpha value is -2.11. The first-order valence-electron chi connectivity index (χ1n) is 32.3. The van der Waals surface area contributed by atoms with Gasteiger partial charge >= 0.3 is 17.9 Å². The molecule has 0 aromatic carbocycles. The summed E-state index contributed by atoms with van der Waals surface area (Å²) in [5.74, 6) is -0.851. The normalized spacial score (nSPS) is 12.1. The molecule has 424 valence electrons. The number of ether oxygens (including phenoxy) is 3. The number of carbonyl (C=O) groups is 3. The van der Waals surface area contributed by atoms with Gasteiger partial charge in [-0.1, -0.05) is 295 Å². The summed E-state index contributed by atoms with van der Waals surface area (Å²) in [7, 11) is 0. The van der Waals surface area contributed by atoms with Crippen LogP contribution in [0, 0.1) is 0 Å². The van der Waals surface area contributed by atoms with Crippen LogP contribution in [0.15, 0.2) is 24.3 Å². The third-order valence-electron chi connectivity index (χ3n) is 14.7. The smallest absolute Gasteiger partial charge is 0.306 e. The fraction of sp³-hybridized carbons (Fsp3) is 0.894. The lowest BCUT2D eigenvalue weighted by Crippen LogP contribution is -2.30. The Morgan fingerprint density at radius 2 is 0.458 bits per heavy atom. The number of hydrogen-bond acceptors (Lipinski definition) is 6. The summed E-state index contributed by atoms with van der Waals surface area (Å²) in [6.45, 7) is 6.70. The van der Waals surface area contributed by atoms with Crippen molar-refractivity contribution < 1.29 is 28.6 Å². The molecule has 0 heterocycles. The lowest BCUT2D eigenvalue weighted by Gasteiger charge is -2.18. The molecule has 0 unspecified atom stereocenters. The standard InChI is InChI=1S/C66H124O6/c1-4-7-10-13-16-19-22-25-28-31-33-35-38-41-44-47-50-53-56-59-65(68)71-62-63(61-70-64(67)58-55-52-49-46-43-40-37-30-27-24-21-18-15-12-9-6-3)72-66(69)60-57-54-51-48-45-42-39-36-34-32-29-26-23-20-17-14-11-8-5-2/h31-34,63H,4-30,35-62H2,1-3H3/b33-31-,34-32-/t63-/m1/s1. The molecule has 6 nitrogen and oxygen atoms in total. The van der Waals surface area contributed by atoms with Crippen LogP contribution in [0.4, 0.5) is 0 Å². The van der Waals surface area contributed by atoms with Gasteiger partial charge in [-0.2, -0.15) is 0 Å². The van der Waals surface area contributed by atoms with Gasteiger partial charge in [0.25, 0.3) is 0 Å². The molecule has 0 aliphatic heterocycles. The molecule has 0 aromatic heterocycles. The molecular formula is C66H124O6. The first-order valence-corrected chi connectivity index (χ1v) is 32.3. The lowest BCUT2D eigenvalue weighted by atomic mass is 10.0. The number of carbonyl (C=O) groups excluding carboxylic acids is 3. The summed E-state index contributed by atoms with van der Waals surface area (Å²) < 4.78 is 17.0. The summed E-state index contributed by atoms with van der Waals surface area (Å²) in [6, 6.07) is 0. The van der Waals surface area contributed by atoms with E-state index in [9.17, 15) is 14.4 Å². The molecule has 0 bridgehead atoms. The largest absolute Gasteiger partial charge is 0.462 e. The zero-order chi connectivity index (χ0) is 52.2. The number of unbranched alkanes of at least 4 members (excludes halogenated alkanes) is 45. The average Bonchev–Trinajstić information content (AvgIpc) is 3.38. The fourth-order valence-corrected chi connectivity index (χ4v) is 9.79. The second-order valence-corrected chi connectivity index (χ2v) is 22.0. The minimum atomic E-state index is -0.773. The predicted octanol–water partition coefficient (Wildman–Crippen LogP) is 21.8. The summed E-state index contributed by atoms with van der Waals surface area (Å²) >= 11 is 0. The zero-order valence-corrected chi connectivity index (χ0v) is 48.7. The SMILES string of the molecule is CCCCCCCCCC/C=C\CCCCCCCCCC(=O)OC[C@@H](COC(=O)CCCCCCCCCCCCCCCCCC)OC(=O)CCCCCCCCC/C=C\CCCCCCCCCC. The van der Waals surface area contributed by atoms with Crippen LogP contribution in [-0.4, -0.2) is 37.2 Å². The Kier molecular flexibility index (Phi) is 59.6. The van der Waals surface area contributed by atoms with E-state index in [0.29, 0.717) is 19.3 Å². The minimum Gasteiger partial charge on any atom is -0.462 e. The third kappa shape index (κ3) is 58.8. The second kappa shape index (κ2) is 61.4. The molecule has 0 saturated carbocycles. The van der Waals surface area contributed by atoms with Crippen LogP contribution in [0.1, 0.15) is 361 Å². The summed E-state index contributed by atoms with van der Waals surface area (Å²) in [5, 5.41) is 0.